The summed E-state index contributed by atoms with van der Waals surface area (Å²) in [6.07, 6.45) is 15.8. The first-order valence-corrected chi connectivity index (χ1v) is 8.69. The zero-order valence-corrected chi connectivity index (χ0v) is 12.9. The van der Waals surface area contributed by atoms with Crippen molar-refractivity contribution >= 4 is 5.91 Å². The van der Waals surface area contributed by atoms with Crippen LogP contribution in [-0.2, 0) is 4.79 Å². The Balaban J connectivity index is 1.84. The molecule has 0 aromatic carbocycles. The summed E-state index contributed by atoms with van der Waals surface area (Å²) < 4.78 is 0. The number of hydrogen-bond donors (Lipinski definition) is 2. The number of primary amides is 1. The smallest absolute Gasteiger partial charge is 0.237 e. The highest BCUT2D eigenvalue weighted by molar-refractivity contribution is 5.84. The van der Waals surface area contributed by atoms with Crippen molar-refractivity contribution in [2.45, 2.75) is 89.0 Å². The molecule has 0 aromatic heterocycles. The van der Waals surface area contributed by atoms with Crippen LogP contribution < -0.4 is 11.5 Å². The minimum absolute atomic E-state index is 0.279. The van der Waals surface area contributed by atoms with Gasteiger partial charge in [0.25, 0.3) is 0 Å². The van der Waals surface area contributed by atoms with Gasteiger partial charge in [-0.1, -0.05) is 64.2 Å². The van der Waals surface area contributed by atoms with Gasteiger partial charge in [-0.2, -0.15) is 0 Å². The summed E-state index contributed by atoms with van der Waals surface area (Å²) in [4.78, 5) is 11.9. The van der Waals surface area contributed by atoms with Gasteiger partial charge < -0.3 is 11.5 Å². The molecule has 20 heavy (non-hydrogen) atoms. The lowest BCUT2D eigenvalue weighted by Crippen LogP contribution is -2.53. The van der Waals surface area contributed by atoms with Crippen molar-refractivity contribution in [3.05, 3.63) is 0 Å². The number of hydrogen-bond acceptors (Lipinski definition) is 2. The monoisotopic (exact) mass is 280 g/mol. The summed E-state index contributed by atoms with van der Waals surface area (Å²) in [5, 5.41) is 0. The zero-order valence-electron chi connectivity index (χ0n) is 12.9. The molecule has 3 nitrogen and oxygen atoms in total. The van der Waals surface area contributed by atoms with Crippen LogP contribution in [0.3, 0.4) is 0 Å². The maximum atomic E-state index is 11.9. The molecule has 0 spiro atoms. The van der Waals surface area contributed by atoms with Gasteiger partial charge in [-0.15, -0.1) is 0 Å². The van der Waals surface area contributed by atoms with E-state index in [0.29, 0.717) is 5.92 Å². The molecule has 0 bridgehead atoms. The largest absolute Gasteiger partial charge is 0.368 e. The molecule has 3 heteroatoms. The molecule has 2 aliphatic rings. The van der Waals surface area contributed by atoms with Crippen molar-refractivity contribution in [3.8, 4) is 0 Å². The van der Waals surface area contributed by atoms with Crippen LogP contribution in [0.25, 0.3) is 0 Å². The number of amides is 1. The van der Waals surface area contributed by atoms with Crippen molar-refractivity contribution < 1.29 is 4.79 Å². The van der Waals surface area contributed by atoms with Crippen molar-refractivity contribution in [3.63, 3.8) is 0 Å². The fourth-order valence-corrected chi connectivity index (χ4v) is 4.17. The highest BCUT2D eigenvalue weighted by Gasteiger charge is 2.35. The van der Waals surface area contributed by atoms with Crippen molar-refractivity contribution in [2.75, 3.05) is 0 Å². The summed E-state index contributed by atoms with van der Waals surface area (Å²) in [6.45, 7) is 0. The van der Waals surface area contributed by atoms with Gasteiger partial charge in [-0.25, -0.2) is 0 Å². The number of rotatable bonds is 6. The average molecular weight is 280 g/mol. The molecule has 0 unspecified atom stereocenters. The van der Waals surface area contributed by atoms with E-state index in [4.69, 9.17) is 11.5 Å². The second-order valence-corrected chi connectivity index (χ2v) is 7.27. The van der Waals surface area contributed by atoms with E-state index < -0.39 is 5.54 Å². The van der Waals surface area contributed by atoms with E-state index in [9.17, 15) is 4.79 Å². The first-order chi connectivity index (χ1) is 9.60. The minimum atomic E-state index is -0.751. The van der Waals surface area contributed by atoms with Crippen molar-refractivity contribution in [1.29, 1.82) is 0 Å². The van der Waals surface area contributed by atoms with E-state index in [1.165, 1.54) is 64.2 Å². The van der Waals surface area contributed by atoms with Crippen LogP contribution in [0, 0.1) is 11.8 Å². The molecule has 2 saturated carbocycles. The third-order valence-corrected chi connectivity index (χ3v) is 5.59. The lowest BCUT2D eigenvalue weighted by molar-refractivity contribution is -0.124. The molecular formula is C17H32N2O. The fraction of sp³-hybridized carbons (Fsp3) is 0.941. The van der Waals surface area contributed by atoms with Crippen LogP contribution in [0.4, 0.5) is 0 Å². The van der Waals surface area contributed by atoms with Gasteiger partial charge >= 0.3 is 0 Å². The third-order valence-electron chi connectivity index (χ3n) is 5.59. The van der Waals surface area contributed by atoms with Crippen LogP contribution in [0.2, 0.25) is 0 Å². The fourth-order valence-electron chi connectivity index (χ4n) is 4.17. The van der Waals surface area contributed by atoms with Crippen molar-refractivity contribution in [1.82, 2.24) is 0 Å². The molecule has 116 valence electrons. The lowest BCUT2D eigenvalue weighted by Gasteiger charge is -2.34. The topological polar surface area (TPSA) is 69.1 Å². The molecule has 2 aliphatic carbocycles. The second-order valence-electron chi connectivity index (χ2n) is 7.27. The molecule has 0 aromatic rings. The van der Waals surface area contributed by atoms with Gasteiger partial charge in [0.2, 0.25) is 5.91 Å². The molecule has 0 radical (unpaired) electrons. The summed E-state index contributed by atoms with van der Waals surface area (Å²) in [5.41, 5.74) is 11.3. The Kier molecular flexibility index (Phi) is 5.88. The van der Waals surface area contributed by atoms with Crippen LogP contribution in [0.15, 0.2) is 0 Å². The van der Waals surface area contributed by atoms with Gasteiger partial charge in [-0.05, 0) is 31.1 Å². The van der Waals surface area contributed by atoms with E-state index in [0.717, 1.165) is 25.2 Å². The van der Waals surface area contributed by atoms with E-state index in [-0.39, 0.29) is 5.91 Å². The van der Waals surface area contributed by atoms with Gasteiger partial charge in [0.05, 0.1) is 5.54 Å². The summed E-state index contributed by atoms with van der Waals surface area (Å²) >= 11 is 0. The number of nitrogens with two attached hydrogens (primary N) is 2. The quantitative estimate of drug-likeness (QED) is 0.781. The summed E-state index contributed by atoms with van der Waals surface area (Å²) in [7, 11) is 0. The lowest BCUT2D eigenvalue weighted by atomic mass is 9.75. The van der Waals surface area contributed by atoms with E-state index in [2.05, 4.69) is 0 Å². The Labute approximate surface area is 123 Å². The third kappa shape index (κ3) is 4.47. The molecule has 1 amide bonds. The average Bonchev–Trinajstić information content (AvgIpc) is 2.47. The molecule has 2 rings (SSSR count). The molecular weight excluding hydrogens is 248 g/mol. The maximum Gasteiger partial charge on any atom is 0.237 e. The van der Waals surface area contributed by atoms with Crippen LogP contribution in [-0.4, -0.2) is 11.4 Å². The van der Waals surface area contributed by atoms with Gasteiger partial charge in [-0.3, -0.25) is 4.79 Å². The molecule has 4 N–H and O–H groups in total. The van der Waals surface area contributed by atoms with Crippen molar-refractivity contribution in [2.24, 2.45) is 23.3 Å². The Morgan fingerprint density at radius 1 is 0.900 bits per heavy atom. The van der Waals surface area contributed by atoms with Crippen LogP contribution in [0.1, 0.15) is 83.5 Å². The van der Waals surface area contributed by atoms with Crippen LogP contribution in [0.5, 0.6) is 0 Å². The first kappa shape index (κ1) is 15.8. The highest BCUT2D eigenvalue weighted by atomic mass is 16.1. The molecule has 1 atom stereocenters. The van der Waals surface area contributed by atoms with E-state index >= 15 is 0 Å². The van der Waals surface area contributed by atoms with Gasteiger partial charge in [0.15, 0.2) is 0 Å². The molecule has 0 heterocycles. The SMILES string of the molecule is NC(=O)[C@@](N)(CCC1CCCCC1)CC1CCCCC1. The standard InChI is InChI=1S/C17H32N2O/c18-16(20)17(19,13-15-9-5-2-6-10-15)12-11-14-7-3-1-4-8-14/h14-15H,1-13,19H2,(H2,18,20)/t17-/m1/s1. The number of carbonyl (C=O) groups is 1. The number of carbonyl (C=O) groups excluding carboxylic acids is 1. The molecule has 0 aliphatic heterocycles. The Hall–Kier alpha value is -0.570. The predicted molar refractivity (Wildman–Crippen MR) is 83.1 cm³/mol. The Bertz CT molecular complexity index is 306. The zero-order chi connectivity index (χ0) is 14.4. The van der Waals surface area contributed by atoms with E-state index in [1.807, 2.05) is 0 Å². The molecule has 0 saturated heterocycles. The second kappa shape index (κ2) is 7.44. The summed E-state index contributed by atoms with van der Waals surface area (Å²) in [5.74, 6) is 1.11. The van der Waals surface area contributed by atoms with Gasteiger partial charge in [0, 0.05) is 0 Å². The highest BCUT2D eigenvalue weighted by Crippen LogP contribution is 2.34. The first-order valence-electron chi connectivity index (χ1n) is 8.69. The Morgan fingerprint density at radius 2 is 1.40 bits per heavy atom. The van der Waals surface area contributed by atoms with E-state index in [1.54, 1.807) is 0 Å². The molecule has 2 fully saturated rings. The van der Waals surface area contributed by atoms with Gasteiger partial charge in [0.1, 0.15) is 0 Å². The Morgan fingerprint density at radius 3 is 1.90 bits per heavy atom. The normalized spacial score (nSPS) is 25.2. The van der Waals surface area contributed by atoms with Crippen LogP contribution >= 0.6 is 0 Å². The maximum absolute atomic E-state index is 11.9. The summed E-state index contributed by atoms with van der Waals surface area (Å²) in [6, 6.07) is 0. The predicted octanol–water partition coefficient (Wildman–Crippen LogP) is 3.50. The minimum Gasteiger partial charge on any atom is -0.368 e.